The molecule has 0 aliphatic heterocycles. The Morgan fingerprint density at radius 1 is 1.37 bits per heavy atom. The molecular formula is C16H27NO2. The Morgan fingerprint density at radius 3 is 2.68 bits per heavy atom. The van der Waals surface area contributed by atoms with Gasteiger partial charge >= 0.3 is 0 Å². The molecule has 0 spiro atoms. The number of aliphatic hydroxyl groups excluding tert-OH is 1. The van der Waals surface area contributed by atoms with Crippen molar-refractivity contribution >= 4 is 0 Å². The quantitative estimate of drug-likeness (QED) is 0.759. The highest BCUT2D eigenvalue weighted by Gasteiger charge is 2.13. The maximum absolute atomic E-state index is 9.02. The minimum Gasteiger partial charge on any atom is -0.496 e. The van der Waals surface area contributed by atoms with Gasteiger partial charge < -0.3 is 15.2 Å². The van der Waals surface area contributed by atoms with Crippen molar-refractivity contribution in [3.05, 3.63) is 29.3 Å². The second-order valence-corrected chi connectivity index (χ2v) is 5.16. The summed E-state index contributed by atoms with van der Waals surface area (Å²) in [4.78, 5) is 0. The third kappa shape index (κ3) is 4.84. The summed E-state index contributed by atoms with van der Waals surface area (Å²) < 4.78 is 5.42. The predicted molar refractivity (Wildman–Crippen MR) is 79.6 cm³/mol. The second-order valence-electron chi connectivity index (χ2n) is 5.16. The van der Waals surface area contributed by atoms with Crippen molar-refractivity contribution in [1.29, 1.82) is 0 Å². The Hall–Kier alpha value is -1.06. The van der Waals surface area contributed by atoms with Gasteiger partial charge in [0.25, 0.3) is 0 Å². The van der Waals surface area contributed by atoms with Crippen LogP contribution in [0.3, 0.4) is 0 Å². The molecule has 0 aromatic heterocycles. The van der Waals surface area contributed by atoms with Crippen LogP contribution in [0.4, 0.5) is 0 Å². The first-order valence-corrected chi connectivity index (χ1v) is 7.11. The van der Waals surface area contributed by atoms with E-state index in [9.17, 15) is 0 Å². The number of nitrogens with one attached hydrogen (secondary N) is 1. The van der Waals surface area contributed by atoms with E-state index in [4.69, 9.17) is 9.84 Å². The van der Waals surface area contributed by atoms with Gasteiger partial charge in [-0.2, -0.15) is 0 Å². The monoisotopic (exact) mass is 265 g/mol. The number of ether oxygens (including phenoxy) is 1. The van der Waals surface area contributed by atoms with Crippen molar-refractivity contribution in [2.45, 2.75) is 39.7 Å². The number of benzene rings is 1. The third-order valence-corrected chi connectivity index (χ3v) is 3.68. The third-order valence-electron chi connectivity index (χ3n) is 3.68. The summed E-state index contributed by atoms with van der Waals surface area (Å²) in [5, 5.41) is 12.6. The summed E-state index contributed by atoms with van der Waals surface area (Å²) in [5.41, 5.74) is 2.44. The molecule has 0 saturated carbocycles. The molecule has 0 saturated heterocycles. The molecule has 2 atom stereocenters. The molecule has 0 heterocycles. The lowest BCUT2D eigenvalue weighted by Gasteiger charge is -2.21. The first kappa shape index (κ1) is 16.0. The molecule has 2 unspecified atom stereocenters. The molecule has 1 aromatic rings. The standard InChI is InChI=1S/C16H27NO2/c1-5-14(8-9-18)11-17-13(3)15-10-12(2)6-7-16(15)19-4/h6-7,10,13-14,17-18H,5,8-9,11H2,1-4H3. The van der Waals surface area contributed by atoms with Gasteiger partial charge in [-0.1, -0.05) is 31.0 Å². The van der Waals surface area contributed by atoms with Gasteiger partial charge in [-0.3, -0.25) is 0 Å². The molecule has 0 aliphatic rings. The van der Waals surface area contributed by atoms with Crippen LogP contribution < -0.4 is 10.1 Å². The van der Waals surface area contributed by atoms with Gasteiger partial charge in [0.2, 0.25) is 0 Å². The van der Waals surface area contributed by atoms with Gasteiger partial charge in [-0.05, 0) is 38.8 Å². The summed E-state index contributed by atoms with van der Waals surface area (Å²) in [6.45, 7) is 7.61. The average molecular weight is 265 g/mol. The number of hydrogen-bond acceptors (Lipinski definition) is 3. The molecule has 3 nitrogen and oxygen atoms in total. The Bertz CT molecular complexity index is 379. The van der Waals surface area contributed by atoms with Crippen LogP contribution in [0.15, 0.2) is 18.2 Å². The van der Waals surface area contributed by atoms with Gasteiger partial charge in [0.05, 0.1) is 7.11 Å². The van der Waals surface area contributed by atoms with Gasteiger partial charge in [0, 0.05) is 18.2 Å². The van der Waals surface area contributed by atoms with Gasteiger partial charge in [-0.15, -0.1) is 0 Å². The van der Waals surface area contributed by atoms with Crippen molar-refractivity contribution < 1.29 is 9.84 Å². The number of aryl methyl sites for hydroxylation is 1. The first-order valence-electron chi connectivity index (χ1n) is 7.11. The highest BCUT2D eigenvalue weighted by atomic mass is 16.5. The molecule has 0 aliphatic carbocycles. The number of hydrogen-bond donors (Lipinski definition) is 2. The lowest BCUT2D eigenvalue weighted by atomic mass is 10.0. The normalized spacial score (nSPS) is 14.2. The van der Waals surface area contributed by atoms with Crippen molar-refractivity contribution in [3.8, 4) is 5.75 Å². The van der Waals surface area contributed by atoms with E-state index in [1.54, 1.807) is 7.11 Å². The Labute approximate surface area is 117 Å². The number of methoxy groups -OCH3 is 1. The zero-order valence-electron chi connectivity index (χ0n) is 12.6. The van der Waals surface area contributed by atoms with Gasteiger partial charge in [-0.25, -0.2) is 0 Å². The van der Waals surface area contributed by atoms with Crippen LogP contribution in [0.1, 0.15) is 43.9 Å². The fourth-order valence-electron chi connectivity index (χ4n) is 2.28. The fourth-order valence-corrected chi connectivity index (χ4v) is 2.28. The Morgan fingerprint density at radius 2 is 2.11 bits per heavy atom. The van der Waals surface area contributed by atoms with Crippen LogP contribution in [0, 0.1) is 12.8 Å². The lowest BCUT2D eigenvalue weighted by Crippen LogP contribution is -2.26. The molecule has 3 heteroatoms. The van der Waals surface area contributed by atoms with Crippen LogP contribution in [0.25, 0.3) is 0 Å². The van der Waals surface area contributed by atoms with Crippen molar-refractivity contribution in [3.63, 3.8) is 0 Å². The molecule has 0 amide bonds. The van der Waals surface area contributed by atoms with E-state index in [0.29, 0.717) is 5.92 Å². The highest BCUT2D eigenvalue weighted by Crippen LogP contribution is 2.26. The van der Waals surface area contributed by atoms with Crippen LogP contribution >= 0.6 is 0 Å². The lowest BCUT2D eigenvalue weighted by molar-refractivity contribution is 0.249. The van der Waals surface area contributed by atoms with E-state index in [-0.39, 0.29) is 12.6 Å². The van der Waals surface area contributed by atoms with E-state index < -0.39 is 0 Å². The molecule has 0 fully saturated rings. The van der Waals surface area contributed by atoms with E-state index in [0.717, 1.165) is 25.1 Å². The van der Waals surface area contributed by atoms with Crippen LogP contribution in [-0.4, -0.2) is 25.4 Å². The SMILES string of the molecule is CCC(CCO)CNC(C)c1cc(C)ccc1OC. The zero-order valence-corrected chi connectivity index (χ0v) is 12.6. The Kier molecular flexibility index (Phi) is 6.89. The Balaban J connectivity index is 2.66. The van der Waals surface area contributed by atoms with Gasteiger partial charge in [0.1, 0.15) is 5.75 Å². The molecule has 0 bridgehead atoms. The zero-order chi connectivity index (χ0) is 14.3. The van der Waals surface area contributed by atoms with Crippen molar-refractivity contribution in [2.24, 2.45) is 5.92 Å². The maximum atomic E-state index is 9.02. The first-order chi connectivity index (χ1) is 9.12. The topological polar surface area (TPSA) is 41.5 Å². The second kappa shape index (κ2) is 8.18. The van der Waals surface area contributed by atoms with Crippen LogP contribution in [0.5, 0.6) is 5.75 Å². The molecule has 19 heavy (non-hydrogen) atoms. The highest BCUT2D eigenvalue weighted by molar-refractivity contribution is 5.38. The minimum atomic E-state index is 0.252. The predicted octanol–water partition coefficient (Wildman–Crippen LogP) is 3.06. The van der Waals surface area contributed by atoms with E-state index >= 15 is 0 Å². The van der Waals surface area contributed by atoms with Gasteiger partial charge in [0.15, 0.2) is 0 Å². The van der Waals surface area contributed by atoms with E-state index in [1.807, 2.05) is 6.07 Å². The summed E-state index contributed by atoms with van der Waals surface area (Å²) >= 11 is 0. The van der Waals surface area contributed by atoms with Crippen molar-refractivity contribution in [1.82, 2.24) is 5.32 Å². The van der Waals surface area contributed by atoms with Crippen LogP contribution in [-0.2, 0) is 0 Å². The fraction of sp³-hybridized carbons (Fsp3) is 0.625. The molecule has 108 valence electrons. The smallest absolute Gasteiger partial charge is 0.123 e. The minimum absolute atomic E-state index is 0.252. The number of aliphatic hydroxyl groups is 1. The molecular weight excluding hydrogens is 238 g/mol. The van der Waals surface area contributed by atoms with E-state index in [2.05, 4.69) is 38.2 Å². The summed E-state index contributed by atoms with van der Waals surface area (Å²) in [5.74, 6) is 1.46. The molecule has 0 radical (unpaired) electrons. The summed E-state index contributed by atoms with van der Waals surface area (Å²) in [6, 6.07) is 6.51. The molecule has 1 rings (SSSR count). The number of rotatable bonds is 8. The maximum Gasteiger partial charge on any atom is 0.123 e. The van der Waals surface area contributed by atoms with E-state index in [1.165, 1.54) is 11.1 Å². The average Bonchev–Trinajstić information content (AvgIpc) is 2.43. The summed E-state index contributed by atoms with van der Waals surface area (Å²) in [7, 11) is 1.71. The van der Waals surface area contributed by atoms with Crippen molar-refractivity contribution in [2.75, 3.05) is 20.3 Å². The molecule has 2 N–H and O–H groups in total. The molecule has 1 aromatic carbocycles. The van der Waals surface area contributed by atoms with Crippen LogP contribution in [0.2, 0.25) is 0 Å². The largest absolute Gasteiger partial charge is 0.496 e. The summed E-state index contributed by atoms with van der Waals surface area (Å²) in [6.07, 6.45) is 1.95.